The van der Waals surface area contributed by atoms with E-state index in [9.17, 15) is 4.79 Å². The van der Waals surface area contributed by atoms with Gasteiger partial charge in [-0.2, -0.15) is 0 Å². The molecule has 1 radical (unpaired) electrons. The van der Waals surface area contributed by atoms with E-state index < -0.39 is 0 Å². The van der Waals surface area contributed by atoms with Crippen molar-refractivity contribution in [2.45, 2.75) is 32.6 Å². The molecule has 81 valence electrons. The molecular formula is C13H17O2. The normalized spacial score (nSPS) is 9.93. The van der Waals surface area contributed by atoms with Crippen LogP contribution in [0.25, 0.3) is 0 Å². The molecule has 0 bridgehead atoms. The van der Waals surface area contributed by atoms with Crippen LogP contribution in [0.1, 0.15) is 38.2 Å². The highest BCUT2D eigenvalue weighted by atomic mass is 16.5. The fraction of sp³-hybridized carbons (Fsp3) is 0.462. The molecule has 0 atom stereocenters. The van der Waals surface area contributed by atoms with Gasteiger partial charge in [-0.15, -0.1) is 0 Å². The minimum absolute atomic E-state index is 0.507. The van der Waals surface area contributed by atoms with Crippen LogP contribution in [-0.2, 0) is 4.79 Å². The first kappa shape index (κ1) is 11.8. The Bertz CT molecular complexity index is 294. The Morgan fingerprint density at radius 1 is 1.20 bits per heavy atom. The van der Waals surface area contributed by atoms with E-state index in [1.54, 1.807) is 12.1 Å². The molecule has 0 aliphatic carbocycles. The fourth-order valence-corrected chi connectivity index (χ4v) is 1.39. The van der Waals surface area contributed by atoms with E-state index in [1.807, 2.05) is 18.4 Å². The van der Waals surface area contributed by atoms with Gasteiger partial charge in [0.15, 0.2) is 0 Å². The molecule has 2 heteroatoms. The third kappa shape index (κ3) is 4.15. The van der Waals surface area contributed by atoms with Crippen LogP contribution < -0.4 is 4.74 Å². The van der Waals surface area contributed by atoms with Gasteiger partial charge in [0.2, 0.25) is 6.29 Å². The summed E-state index contributed by atoms with van der Waals surface area (Å²) < 4.78 is 5.51. The molecule has 0 aliphatic heterocycles. The van der Waals surface area contributed by atoms with Crippen molar-refractivity contribution in [3.8, 4) is 5.75 Å². The quantitative estimate of drug-likeness (QED) is 0.639. The van der Waals surface area contributed by atoms with E-state index in [1.165, 1.54) is 19.3 Å². The molecule has 0 amide bonds. The highest BCUT2D eigenvalue weighted by Gasteiger charge is 2.01. The number of hydrogen-bond acceptors (Lipinski definition) is 2. The maximum absolute atomic E-state index is 10.6. The zero-order chi connectivity index (χ0) is 10.9. The van der Waals surface area contributed by atoms with Gasteiger partial charge in [-0.1, -0.05) is 38.3 Å². The molecule has 0 spiro atoms. The lowest BCUT2D eigenvalue weighted by molar-refractivity contribution is 0.304. The predicted molar refractivity (Wildman–Crippen MR) is 60.9 cm³/mol. The summed E-state index contributed by atoms with van der Waals surface area (Å²) >= 11 is 0. The Morgan fingerprint density at radius 3 is 2.73 bits per heavy atom. The first-order valence-electron chi connectivity index (χ1n) is 5.48. The van der Waals surface area contributed by atoms with Crippen LogP contribution >= 0.6 is 0 Å². The molecule has 0 unspecified atom stereocenters. The Balaban J connectivity index is 2.33. The van der Waals surface area contributed by atoms with Gasteiger partial charge >= 0.3 is 0 Å². The van der Waals surface area contributed by atoms with Gasteiger partial charge in [0, 0.05) is 0 Å². The lowest BCUT2D eigenvalue weighted by atomic mass is 10.2. The molecule has 1 rings (SSSR count). The molecule has 0 heterocycles. The second-order valence-electron chi connectivity index (χ2n) is 3.51. The summed E-state index contributed by atoms with van der Waals surface area (Å²) in [6, 6.07) is 7.20. The molecule has 0 fully saturated rings. The minimum atomic E-state index is 0.507. The lowest BCUT2D eigenvalue weighted by Gasteiger charge is -2.07. The molecule has 0 N–H and O–H groups in total. The second kappa shape index (κ2) is 7.04. The van der Waals surface area contributed by atoms with Crippen molar-refractivity contribution < 1.29 is 9.53 Å². The number of para-hydroxylation sites is 1. The molecule has 2 nitrogen and oxygen atoms in total. The predicted octanol–water partition coefficient (Wildman–Crippen LogP) is 3.10. The largest absolute Gasteiger partial charge is 0.493 e. The van der Waals surface area contributed by atoms with Gasteiger partial charge in [-0.3, -0.25) is 4.79 Å². The van der Waals surface area contributed by atoms with Crippen LogP contribution in [0.5, 0.6) is 5.75 Å². The summed E-state index contributed by atoms with van der Waals surface area (Å²) in [6.45, 7) is 2.86. The number of unbranched alkanes of at least 4 members (excludes halogenated alkanes) is 3. The van der Waals surface area contributed by atoms with Crippen molar-refractivity contribution in [1.82, 2.24) is 0 Å². The van der Waals surface area contributed by atoms with E-state index in [0.717, 1.165) is 6.42 Å². The Labute approximate surface area is 91.3 Å². The zero-order valence-corrected chi connectivity index (χ0v) is 9.16. The third-order valence-electron chi connectivity index (χ3n) is 2.25. The molecule has 0 saturated carbocycles. The summed E-state index contributed by atoms with van der Waals surface area (Å²) in [4.78, 5) is 10.6. The summed E-state index contributed by atoms with van der Waals surface area (Å²) in [7, 11) is 0. The molecule has 0 saturated heterocycles. The van der Waals surface area contributed by atoms with Crippen LogP contribution in [0.15, 0.2) is 24.3 Å². The van der Waals surface area contributed by atoms with E-state index >= 15 is 0 Å². The van der Waals surface area contributed by atoms with Crippen molar-refractivity contribution in [3.63, 3.8) is 0 Å². The van der Waals surface area contributed by atoms with E-state index in [0.29, 0.717) is 17.9 Å². The van der Waals surface area contributed by atoms with Crippen LogP contribution in [0.2, 0.25) is 0 Å². The van der Waals surface area contributed by atoms with Gasteiger partial charge in [-0.05, 0) is 18.6 Å². The summed E-state index contributed by atoms with van der Waals surface area (Å²) in [5.41, 5.74) is 0.507. The maximum atomic E-state index is 10.6. The molecule has 1 aromatic rings. The Hall–Kier alpha value is -1.31. The first-order chi connectivity index (χ1) is 7.38. The second-order valence-corrected chi connectivity index (χ2v) is 3.51. The summed E-state index contributed by atoms with van der Waals surface area (Å²) in [5.74, 6) is 0.643. The molecule has 1 aromatic carbocycles. The standard InChI is InChI=1S/C13H17O2/c1-2-3-4-7-10-15-13-9-6-5-8-12(13)11-14/h5-6,8-9H,2-4,7,10H2,1H3. The van der Waals surface area contributed by atoms with Gasteiger partial charge in [0.1, 0.15) is 5.75 Å². The van der Waals surface area contributed by atoms with E-state index in [4.69, 9.17) is 4.74 Å². The maximum Gasteiger partial charge on any atom is 0.237 e. The number of hydrogen-bond donors (Lipinski definition) is 0. The van der Waals surface area contributed by atoms with Crippen molar-refractivity contribution in [3.05, 3.63) is 29.8 Å². The number of rotatable bonds is 7. The average molecular weight is 205 g/mol. The smallest absolute Gasteiger partial charge is 0.237 e. The molecule has 0 aromatic heterocycles. The van der Waals surface area contributed by atoms with Crippen LogP contribution in [0.4, 0.5) is 0 Å². The zero-order valence-electron chi connectivity index (χ0n) is 9.16. The van der Waals surface area contributed by atoms with E-state index in [-0.39, 0.29) is 0 Å². The highest BCUT2D eigenvalue weighted by molar-refractivity contribution is 5.79. The summed E-state index contributed by atoms with van der Waals surface area (Å²) in [6.07, 6.45) is 6.56. The topological polar surface area (TPSA) is 26.3 Å². The van der Waals surface area contributed by atoms with Crippen LogP contribution in [0, 0.1) is 0 Å². The SMILES string of the molecule is CCCCCCOc1ccccc1[C]=O. The monoisotopic (exact) mass is 205 g/mol. The third-order valence-corrected chi connectivity index (χ3v) is 2.25. The van der Waals surface area contributed by atoms with Crippen molar-refractivity contribution in [1.29, 1.82) is 0 Å². The van der Waals surface area contributed by atoms with Crippen molar-refractivity contribution in [2.24, 2.45) is 0 Å². The van der Waals surface area contributed by atoms with Crippen LogP contribution in [0.3, 0.4) is 0 Å². The highest BCUT2D eigenvalue weighted by Crippen LogP contribution is 2.15. The number of ether oxygens (including phenoxy) is 1. The Morgan fingerprint density at radius 2 is 2.00 bits per heavy atom. The molecular weight excluding hydrogens is 188 g/mol. The lowest BCUT2D eigenvalue weighted by Crippen LogP contribution is -1.99. The van der Waals surface area contributed by atoms with Gasteiger partial charge in [0.25, 0.3) is 0 Å². The van der Waals surface area contributed by atoms with Crippen LogP contribution in [-0.4, -0.2) is 12.9 Å². The molecule has 15 heavy (non-hydrogen) atoms. The molecule has 0 aliphatic rings. The van der Waals surface area contributed by atoms with Gasteiger partial charge in [-0.25, -0.2) is 0 Å². The van der Waals surface area contributed by atoms with Gasteiger partial charge < -0.3 is 4.74 Å². The average Bonchev–Trinajstić information content (AvgIpc) is 2.29. The van der Waals surface area contributed by atoms with E-state index in [2.05, 4.69) is 6.92 Å². The Kier molecular flexibility index (Phi) is 5.52. The fourth-order valence-electron chi connectivity index (χ4n) is 1.39. The van der Waals surface area contributed by atoms with Gasteiger partial charge in [0.05, 0.1) is 12.2 Å². The number of carbonyl (C=O) groups excluding carboxylic acids is 1. The first-order valence-corrected chi connectivity index (χ1v) is 5.48. The number of benzene rings is 1. The van der Waals surface area contributed by atoms with Crippen molar-refractivity contribution in [2.75, 3.05) is 6.61 Å². The summed E-state index contributed by atoms with van der Waals surface area (Å²) in [5, 5.41) is 0. The van der Waals surface area contributed by atoms with Crippen molar-refractivity contribution >= 4 is 6.29 Å². The minimum Gasteiger partial charge on any atom is -0.493 e.